The minimum atomic E-state index is -0.704. The second-order valence-corrected chi connectivity index (χ2v) is 15.4. The van der Waals surface area contributed by atoms with Gasteiger partial charge in [-0.2, -0.15) is 0 Å². The molecular formula is C41H49N9O6. The molecule has 4 aromatic rings. The van der Waals surface area contributed by atoms with E-state index in [9.17, 15) is 19.2 Å². The molecule has 5 heterocycles. The molecule has 56 heavy (non-hydrogen) atoms. The number of hydrogen-bond acceptors (Lipinski definition) is 10. The molecule has 2 fully saturated rings. The number of aromatic amines is 1. The molecule has 0 spiro atoms. The highest BCUT2D eigenvalue weighted by atomic mass is 16.5. The first-order chi connectivity index (χ1) is 26.9. The first-order valence-corrected chi connectivity index (χ1v) is 19.3. The number of benzene rings is 2. The number of nitrogens with one attached hydrogen (secondary N) is 3. The van der Waals surface area contributed by atoms with Crippen molar-refractivity contribution in [2.45, 2.75) is 84.0 Å². The Hall–Kier alpha value is -5.86. The topological polar surface area (TPSA) is 184 Å². The summed E-state index contributed by atoms with van der Waals surface area (Å²) in [5.41, 5.74) is 7.68. The van der Waals surface area contributed by atoms with Gasteiger partial charge >= 0.3 is 12.2 Å². The highest BCUT2D eigenvalue weighted by Crippen LogP contribution is 2.36. The quantitative estimate of drug-likeness (QED) is 0.182. The Labute approximate surface area is 325 Å². The Bertz CT molecular complexity index is 2160. The van der Waals surface area contributed by atoms with E-state index in [1.807, 2.05) is 75.1 Å². The van der Waals surface area contributed by atoms with Crippen molar-refractivity contribution in [2.24, 2.45) is 16.8 Å². The SMILES string of the molecule is COC(=O)N[C@@H](C(=O)N1CCC[C@H]1C1=Nc2cc(-c3ccc(-c4ccc5nc([C@@H]6CCCN6C(=O)[C@H](NC(=O)OC)C(C)C)[nH]c5c4)nn3)ccc2C1)C(C)C. The molecule has 2 saturated heterocycles. The van der Waals surface area contributed by atoms with E-state index in [0.29, 0.717) is 36.7 Å². The molecule has 0 aliphatic carbocycles. The van der Waals surface area contributed by atoms with E-state index in [0.717, 1.165) is 64.8 Å². The Balaban J connectivity index is 1.05. The number of rotatable bonds is 10. The summed E-state index contributed by atoms with van der Waals surface area (Å²) in [6.07, 6.45) is 2.68. The predicted octanol–water partition coefficient (Wildman–Crippen LogP) is 5.73. The molecule has 4 atom stereocenters. The molecule has 2 aromatic carbocycles. The van der Waals surface area contributed by atoms with Crippen LogP contribution in [0.5, 0.6) is 0 Å². The number of fused-ring (bicyclic) bond motifs is 2. The lowest BCUT2D eigenvalue weighted by molar-refractivity contribution is -0.135. The molecule has 7 rings (SSSR count). The monoisotopic (exact) mass is 763 g/mol. The number of methoxy groups -OCH3 is 2. The van der Waals surface area contributed by atoms with Crippen LogP contribution < -0.4 is 10.6 Å². The van der Waals surface area contributed by atoms with E-state index in [2.05, 4.69) is 31.9 Å². The van der Waals surface area contributed by atoms with Crippen molar-refractivity contribution in [3.8, 4) is 22.5 Å². The number of carbonyl (C=O) groups is 4. The molecule has 0 saturated carbocycles. The van der Waals surface area contributed by atoms with E-state index in [4.69, 9.17) is 19.5 Å². The van der Waals surface area contributed by atoms with Crippen molar-refractivity contribution in [2.75, 3.05) is 27.3 Å². The first-order valence-electron chi connectivity index (χ1n) is 19.3. The van der Waals surface area contributed by atoms with E-state index < -0.39 is 24.3 Å². The zero-order valence-corrected chi connectivity index (χ0v) is 32.7. The Kier molecular flexibility index (Phi) is 11.0. The van der Waals surface area contributed by atoms with Crippen molar-refractivity contribution in [3.05, 3.63) is 59.9 Å². The highest BCUT2D eigenvalue weighted by Gasteiger charge is 2.40. The number of aliphatic imine (C=N–C) groups is 1. The van der Waals surface area contributed by atoms with Crippen LogP contribution >= 0.6 is 0 Å². The number of alkyl carbamates (subject to hydrolysis) is 2. The van der Waals surface area contributed by atoms with Gasteiger partial charge in [-0.15, -0.1) is 10.2 Å². The van der Waals surface area contributed by atoms with Crippen LogP contribution in [0.4, 0.5) is 15.3 Å². The lowest BCUT2D eigenvalue weighted by Gasteiger charge is -2.30. The van der Waals surface area contributed by atoms with E-state index in [-0.39, 0.29) is 35.7 Å². The number of ether oxygens (including phenoxy) is 2. The normalized spacial score (nSPS) is 18.9. The predicted molar refractivity (Wildman–Crippen MR) is 210 cm³/mol. The van der Waals surface area contributed by atoms with Gasteiger partial charge in [0, 0.05) is 36.3 Å². The molecule has 15 heteroatoms. The van der Waals surface area contributed by atoms with Crippen LogP contribution in [-0.4, -0.2) is 105 Å². The van der Waals surface area contributed by atoms with Crippen LogP contribution in [-0.2, 0) is 25.5 Å². The minimum absolute atomic E-state index is 0.101. The third kappa shape index (κ3) is 7.66. The van der Waals surface area contributed by atoms with Gasteiger partial charge in [0.15, 0.2) is 0 Å². The summed E-state index contributed by atoms with van der Waals surface area (Å²) >= 11 is 0. The van der Waals surface area contributed by atoms with E-state index in [1.54, 1.807) is 4.90 Å². The standard InChI is InChI=1S/C41H49N9O6/c1-22(2)35(45-40(53)55-5)38(51)49-17-7-9-33(49)32-21-26-12-11-24(19-30(26)42-32)27-15-16-28(48-47-27)25-13-14-29-31(20-25)44-37(43-29)34-10-8-18-50(34)39(52)36(23(3)4)46-41(54)56-6/h11-16,19-20,22-23,33-36H,7-10,17-18,21H2,1-6H3,(H,43,44)(H,45,53)(H,46,54)/t33-,34-,35+,36+/m0/s1. The van der Waals surface area contributed by atoms with E-state index in [1.165, 1.54) is 14.2 Å². The van der Waals surface area contributed by atoms with Gasteiger partial charge in [0.1, 0.15) is 17.9 Å². The fourth-order valence-electron chi connectivity index (χ4n) is 7.99. The van der Waals surface area contributed by atoms with Gasteiger partial charge in [-0.25, -0.2) is 14.6 Å². The Morgan fingerprint density at radius 3 is 1.88 bits per heavy atom. The highest BCUT2D eigenvalue weighted by molar-refractivity contribution is 6.01. The zero-order chi connectivity index (χ0) is 39.7. The summed E-state index contributed by atoms with van der Waals surface area (Å²) in [4.78, 5) is 68.2. The van der Waals surface area contributed by atoms with Crippen LogP contribution in [0.3, 0.4) is 0 Å². The number of likely N-dealkylation sites (tertiary alicyclic amines) is 2. The third-order valence-corrected chi connectivity index (χ3v) is 11.0. The maximum atomic E-state index is 13.6. The molecule has 4 amide bonds. The number of nitrogens with zero attached hydrogens (tertiary/aromatic N) is 6. The largest absolute Gasteiger partial charge is 0.453 e. The summed E-state index contributed by atoms with van der Waals surface area (Å²) in [6.45, 7) is 8.80. The molecular weight excluding hydrogens is 715 g/mol. The molecule has 2 aromatic heterocycles. The average molecular weight is 764 g/mol. The summed E-state index contributed by atoms with van der Waals surface area (Å²) in [6, 6.07) is 14.1. The Morgan fingerprint density at radius 1 is 0.750 bits per heavy atom. The molecule has 0 bridgehead atoms. The van der Waals surface area contributed by atoms with Crippen LogP contribution in [0.15, 0.2) is 53.5 Å². The molecule has 294 valence electrons. The summed E-state index contributed by atoms with van der Waals surface area (Å²) in [5, 5.41) is 14.6. The fraction of sp³-hybridized carbons (Fsp3) is 0.463. The second kappa shape index (κ2) is 16.1. The lowest BCUT2D eigenvalue weighted by atomic mass is 9.99. The van der Waals surface area contributed by atoms with Gasteiger partial charge in [0.05, 0.1) is 54.4 Å². The zero-order valence-electron chi connectivity index (χ0n) is 32.7. The molecule has 15 nitrogen and oxygen atoms in total. The fourth-order valence-corrected chi connectivity index (χ4v) is 7.99. The van der Waals surface area contributed by atoms with Gasteiger partial charge in [-0.3, -0.25) is 14.6 Å². The minimum Gasteiger partial charge on any atom is -0.453 e. The van der Waals surface area contributed by atoms with Crippen LogP contribution in [0.25, 0.3) is 33.5 Å². The number of aromatic nitrogens is 4. The van der Waals surface area contributed by atoms with Crippen LogP contribution in [0.2, 0.25) is 0 Å². The molecule has 0 unspecified atom stereocenters. The Morgan fingerprint density at radius 2 is 1.30 bits per heavy atom. The van der Waals surface area contributed by atoms with Crippen molar-refractivity contribution in [1.82, 2.24) is 40.6 Å². The first kappa shape index (κ1) is 38.4. The summed E-state index contributed by atoms with van der Waals surface area (Å²) in [7, 11) is 2.58. The number of amides is 4. The summed E-state index contributed by atoms with van der Waals surface area (Å²) < 4.78 is 9.53. The molecule has 3 N–H and O–H groups in total. The summed E-state index contributed by atoms with van der Waals surface area (Å²) in [5.74, 6) is 0.213. The van der Waals surface area contributed by atoms with Gasteiger partial charge in [0.2, 0.25) is 11.8 Å². The van der Waals surface area contributed by atoms with Gasteiger partial charge < -0.3 is 34.9 Å². The maximum absolute atomic E-state index is 13.6. The van der Waals surface area contributed by atoms with Gasteiger partial charge in [-0.05, 0) is 73.4 Å². The van der Waals surface area contributed by atoms with Crippen LogP contribution in [0.1, 0.15) is 70.8 Å². The van der Waals surface area contributed by atoms with Crippen molar-refractivity contribution in [3.63, 3.8) is 0 Å². The average Bonchev–Trinajstić information content (AvgIpc) is 4.03. The molecule has 0 radical (unpaired) electrons. The maximum Gasteiger partial charge on any atom is 0.407 e. The molecule has 3 aliphatic heterocycles. The van der Waals surface area contributed by atoms with Crippen LogP contribution in [0, 0.1) is 11.8 Å². The third-order valence-electron chi connectivity index (χ3n) is 11.0. The lowest BCUT2D eigenvalue weighted by Crippen LogP contribution is -2.53. The van der Waals surface area contributed by atoms with Crippen molar-refractivity contribution >= 4 is 46.4 Å². The number of hydrogen-bond donors (Lipinski definition) is 3. The van der Waals surface area contributed by atoms with Gasteiger partial charge in [-0.1, -0.05) is 45.9 Å². The van der Waals surface area contributed by atoms with Crippen molar-refractivity contribution in [1.29, 1.82) is 0 Å². The second-order valence-electron chi connectivity index (χ2n) is 15.4. The van der Waals surface area contributed by atoms with E-state index >= 15 is 0 Å². The number of carbonyl (C=O) groups excluding carboxylic acids is 4. The van der Waals surface area contributed by atoms with Gasteiger partial charge in [0.25, 0.3) is 0 Å². The smallest absolute Gasteiger partial charge is 0.407 e. The molecule has 3 aliphatic rings. The number of imidazole rings is 1. The number of H-pyrrole nitrogens is 1. The van der Waals surface area contributed by atoms with Crippen molar-refractivity contribution < 1.29 is 28.7 Å².